The van der Waals surface area contributed by atoms with Gasteiger partial charge < -0.3 is 14.9 Å². The van der Waals surface area contributed by atoms with Crippen molar-refractivity contribution in [3.8, 4) is 5.75 Å². The van der Waals surface area contributed by atoms with Crippen molar-refractivity contribution in [1.82, 2.24) is 0 Å². The summed E-state index contributed by atoms with van der Waals surface area (Å²) in [5.41, 5.74) is 0.166. The van der Waals surface area contributed by atoms with E-state index in [0.29, 0.717) is 22.9 Å². The molecule has 2 rings (SSSR count). The molecule has 0 atom stereocenters. The molecule has 0 fully saturated rings. The van der Waals surface area contributed by atoms with Gasteiger partial charge in [-0.15, -0.1) is 12.4 Å². The second kappa shape index (κ2) is 7.66. The van der Waals surface area contributed by atoms with Crippen molar-refractivity contribution in [3.63, 3.8) is 0 Å². The molecule has 0 saturated carbocycles. The lowest BCUT2D eigenvalue weighted by Crippen LogP contribution is -2.06. The number of fused-ring (bicyclic) bond motifs is 1. The minimum Gasteiger partial charge on any atom is -0.507 e. The van der Waals surface area contributed by atoms with E-state index in [1.807, 2.05) is 6.92 Å². The van der Waals surface area contributed by atoms with Gasteiger partial charge in [-0.25, -0.2) is 9.59 Å². The summed E-state index contributed by atoms with van der Waals surface area (Å²) in [5, 5.41) is 19.8. The summed E-state index contributed by atoms with van der Waals surface area (Å²) in [4.78, 5) is 22.9. The maximum atomic E-state index is 11.9. The molecule has 0 radical (unpaired) electrons. The first-order valence-corrected chi connectivity index (χ1v) is 6.70. The Balaban J connectivity index is 0.00000242. The van der Waals surface area contributed by atoms with E-state index < -0.39 is 11.9 Å². The maximum Gasteiger partial charge on any atom is 0.339 e. The van der Waals surface area contributed by atoms with Crippen LogP contribution >= 0.6 is 12.4 Å². The normalized spacial score (nSPS) is 10.0. The van der Waals surface area contributed by atoms with Crippen LogP contribution in [0, 0.1) is 0 Å². The molecule has 118 valence electrons. The zero-order valence-electron chi connectivity index (χ0n) is 12.0. The van der Waals surface area contributed by atoms with E-state index in [1.54, 1.807) is 18.2 Å². The van der Waals surface area contributed by atoms with Gasteiger partial charge in [-0.1, -0.05) is 19.4 Å². The predicted molar refractivity (Wildman–Crippen MR) is 85.0 cm³/mol. The van der Waals surface area contributed by atoms with Crippen molar-refractivity contribution in [2.75, 3.05) is 6.61 Å². The molecule has 0 saturated heterocycles. The lowest BCUT2D eigenvalue weighted by Gasteiger charge is -2.07. The summed E-state index contributed by atoms with van der Waals surface area (Å²) >= 11 is 0. The molecule has 5 nitrogen and oxygen atoms in total. The monoisotopic (exact) mass is 324 g/mol. The molecule has 0 aliphatic carbocycles. The first-order valence-electron chi connectivity index (χ1n) is 6.70. The Bertz CT molecular complexity index is 696. The summed E-state index contributed by atoms with van der Waals surface area (Å²) in [7, 11) is 0. The van der Waals surface area contributed by atoms with Crippen molar-refractivity contribution in [3.05, 3.63) is 41.5 Å². The van der Waals surface area contributed by atoms with Crippen molar-refractivity contribution in [1.29, 1.82) is 0 Å². The fourth-order valence-corrected chi connectivity index (χ4v) is 1.98. The number of unbranched alkanes of at least 4 members (excludes halogenated alkanes) is 1. The maximum absolute atomic E-state index is 11.9. The number of carbonyl (C=O) groups excluding carboxylic acids is 1. The summed E-state index contributed by atoms with van der Waals surface area (Å²) in [5.74, 6) is -1.95. The average molecular weight is 325 g/mol. The van der Waals surface area contributed by atoms with E-state index in [4.69, 9.17) is 9.84 Å². The number of esters is 1. The quantitative estimate of drug-likeness (QED) is 0.648. The van der Waals surface area contributed by atoms with Crippen molar-refractivity contribution in [2.45, 2.75) is 19.8 Å². The van der Waals surface area contributed by atoms with Gasteiger partial charge in [0.25, 0.3) is 0 Å². The Morgan fingerprint density at radius 3 is 2.50 bits per heavy atom. The van der Waals surface area contributed by atoms with Crippen LogP contribution in [0.25, 0.3) is 10.8 Å². The highest BCUT2D eigenvalue weighted by Crippen LogP contribution is 2.26. The van der Waals surface area contributed by atoms with Crippen LogP contribution < -0.4 is 0 Å². The van der Waals surface area contributed by atoms with Gasteiger partial charge >= 0.3 is 11.9 Å². The predicted octanol–water partition coefficient (Wildman–Crippen LogP) is 3.62. The fraction of sp³-hybridized carbons (Fsp3) is 0.250. The minimum atomic E-state index is -1.22. The molecule has 2 N–H and O–H groups in total. The lowest BCUT2D eigenvalue weighted by atomic mass is 10.0. The second-order valence-corrected chi connectivity index (χ2v) is 4.73. The van der Waals surface area contributed by atoms with Crippen LogP contribution in [0.5, 0.6) is 5.75 Å². The molecule has 0 aliphatic heterocycles. The molecule has 6 heteroatoms. The number of carbonyl (C=O) groups is 2. The lowest BCUT2D eigenvalue weighted by molar-refractivity contribution is 0.0499. The summed E-state index contributed by atoms with van der Waals surface area (Å²) < 4.78 is 5.11. The topological polar surface area (TPSA) is 83.8 Å². The van der Waals surface area contributed by atoms with E-state index in [2.05, 4.69) is 0 Å². The van der Waals surface area contributed by atoms with Crippen molar-refractivity contribution in [2.24, 2.45) is 0 Å². The zero-order chi connectivity index (χ0) is 15.4. The molecule has 0 unspecified atom stereocenters. The third-order valence-electron chi connectivity index (χ3n) is 3.15. The van der Waals surface area contributed by atoms with Crippen LogP contribution in [0.4, 0.5) is 0 Å². The van der Waals surface area contributed by atoms with E-state index in [0.717, 1.165) is 12.8 Å². The van der Waals surface area contributed by atoms with Crippen LogP contribution in [0.2, 0.25) is 0 Å². The molecule has 0 aliphatic rings. The smallest absolute Gasteiger partial charge is 0.339 e. The van der Waals surface area contributed by atoms with E-state index in [-0.39, 0.29) is 23.7 Å². The summed E-state index contributed by atoms with van der Waals surface area (Å²) in [6.07, 6.45) is 1.74. The van der Waals surface area contributed by atoms with Gasteiger partial charge in [-0.3, -0.25) is 0 Å². The number of hydrogen-bond donors (Lipinski definition) is 2. The summed E-state index contributed by atoms with van der Waals surface area (Å²) in [6.45, 7) is 2.37. The number of rotatable bonds is 5. The summed E-state index contributed by atoms with van der Waals surface area (Å²) in [6, 6.07) is 7.52. The molecule has 2 aromatic rings. The van der Waals surface area contributed by atoms with Crippen molar-refractivity contribution >= 4 is 35.1 Å². The molecule has 0 bridgehead atoms. The fourth-order valence-electron chi connectivity index (χ4n) is 1.98. The minimum absolute atomic E-state index is 0. The van der Waals surface area contributed by atoms with Gasteiger partial charge in [0.2, 0.25) is 0 Å². The number of carboxylic acids is 1. The Hall–Kier alpha value is -2.27. The molecular weight excluding hydrogens is 308 g/mol. The molecule has 0 aromatic heterocycles. The van der Waals surface area contributed by atoms with Crippen LogP contribution in [0.3, 0.4) is 0 Å². The molecule has 0 spiro atoms. The van der Waals surface area contributed by atoms with E-state index in [1.165, 1.54) is 12.1 Å². The highest BCUT2D eigenvalue weighted by Gasteiger charge is 2.13. The van der Waals surface area contributed by atoms with E-state index in [9.17, 15) is 14.7 Å². The molecule has 0 heterocycles. The molecule has 2 aromatic carbocycles. The van der Waals surface area contributed by atoms with E-state index >= 15 is 0 Å². The number of phenols is 1. The standard InChI is InChI=1S/C16H16O5.ClH/c1-2-3-6-21-16(20)11-5-4-10-9-14(17)13(15(18)19)8-12(10)7-11;/h4-5,7-9,17H,2-3,6H2,1H3,(H,18,19);1H. The molecular formula is C16H17ClO5. The Morgan fingerprint density at radius 1 is 1.14 bits per heavy atom. The Labute approximate surface area is 133 Å². The van der Waals surface area contributed by atoms with Crippen LogP contribution in [0.15, 0.2) is 30.3 Å². The number of benzene rings is 2. The Morgan fingerprint density at radius 2 is 1.86 bits per heavy atom. The van der Waals surface area contributed by atoms with Crippen molar-refractivity contribution < 1.29 is 24.5 Å². The van der Waals surface area contributed by atoms with Gasteiger partial charge in [-0.2, -0.15) is 0 Å². The first-order chi connectivity index (χ1) is 10.0. The number of aromatic hydroxyl groups is 1. The average Bonchev–Trinajstić information content (AvgIpc) is 2.46. The molecule has 0 amide bonds. The molecule has 22 heavy (non-hydrogen) atoms. The highest BCUT2D eigenvalue weighted by atomic mass is 35.5. The largest absolute Gasteiger partial charge is 0.507 e. The van der Waals surface area contributed by atoms with Crippen LogP contribution in [-0.4, -0.2) is 28.8 Å². The number of carboxylic acid groups (broad SMARTS) is 1. The third-order valence-corrected chi connectivity index (χ3v) is 3.15. The van der Waals surface area contributed by atoms with Gasteiger partial charge in [0, 0.05) is 0 Å². The highest BCUT2D eigenvalue weighted by molar-refractivity contribution is 6.00. The zero-order valence-corrected chi connectivity index (χ0v) is 12.9. The van der Waals surface area contributed by atoms with Gasteiger partial charge in [0.15, 0.2) is 0 Å². The number of halogens is 1. The van der Waals surface area contributed by atoms with Gasteiger partial charge in [0.05, 0.1) is 12.2 Å². The van der Waals surface area contributed by atoms with Crippen LogP contribution in [0.1, 0.15) is 40.5 Å². The number of aromatic carboxylic acids is 1. The second-order valence-electron chi connectivity index (χ2n) is 4.73. The number of hydrogen-bond acceptors (Lipinski definition) is 4. The first kappa shape index (κ1) is 17.8. The van der Waals surface area contributed by atoms with Crippen LogP contribution in [-0.2, 0) is 4.74 Å². The van der Waals surface area contributed by atoms with Gasteiger partial charge in [0.1, 0.15) is 11.3 Å². The Kier molecular flexibility index (Phi) is 6.19. The third kappa shape index (κ3) is 3.89. The SMILES string of the molecule is CCCCOC(=O)c1ccc2cc(O)c(C(=O)O)cc2c1.Cl. The van der Waals surface area contributed by atoms with Gasteiger partial charge in [-0.05, 0) is 41.5 Å². The number of ether oxygens (including phenoxy) is 1.